The van der Waals surface area contributed by atoms with Gasteiger partial charge in [0.2, 0.25) is 0 Å². The lowest BCUT2D eigenvalue weighted by molar-refractivity contribution is -0.129. The minimum absolute atomic E-state index is 0.107. The predicted molar refractivity (Wildman–Crippen MR) is 46.9 cm³/mol. The number of rotatable bonds is 5. The van der Waals surface area contributed by atoms with E-state index in [0.29, 0.717) is 6.42 Å². The Labute approximate surface area is 73.3 Å². The third-order valence-electron chi connectivity index (χ3n) is 2.56. The van der Waals surface area contributed by atoms with Crippen LogP contribution in [0.1, 0.15) is 46.0 Å². The molecule has 0 aliphatic heterocycles. The summed E-state index contributed by atoms with van der Waals surface area (Å²) in [6, 6.07) is 0. The van der Waals surface area contributed by atoms with Gasteiger partial charge in [-0.3, -0.25) is 9.59 Å². The van der Waals surface area contributed by atoms with Gasteiger partial charge >= 0.3 is 0 Å². The molecule has 0 atom stereocenters. The molecule has 1 aliphatic rings. The van der Waals surface area contributed by atoms with Gasteiger partial charge in [-0.1, -0.05) is 13.8 Å². The minimum Gasteiger partial charge on any atom is -0.299 e. The van der Waals surface area contributed by atoms with Gasteiger partial charge in [0.1, 0.15) is 11.6 Å². The molecule has 0 unspecified atom stereocenters. The van der Waals surface area contributed by atoms with Gasteiger partial charge < -0.3 is 0 Å². The van der Waals surface area contributed by atoms with Crippen LogP contribution in [0.4, 0.5) is 0 Å². The van der Waals surface area contributed by atoms with Gasteiger partial charge in [-0.15, -0.1) is 0 Å². The number of carbonyl (C=O) groups excluding carboxylic acids is 2. The lowest BCUT2D eigenvalue weighted by Crippen LogP contribution is -2.16. The van der Waals surface area contributed by atoms with Crippen LogP contribution in [0.5, 0.6) is 0 Å². The molecule has 1 fully saturated rings. The Morgan fingerprint density at radius 3 is 2.33 bits per heavy atom. The van der Waals surface area contributed by atoms with Gasteiger partial charge in [0, 0.05) is 11.8 Å². The molecule has 2 nitrogen and oxygen atoms in total. The standard InChI is InChI=1S/C10H16O2/c1-3-4-8(11)7-9(12)10(2)5-6-10/h3-7H2,1-2H3. The summed E-state index contributed by atoms with van der Waals surface area (Å²) in [7, 11) is 0. The van der Waals surface area contributed by atoms with E-state index < -0.39 is 0 Å². The molecular formula is C10H16O2. The van der Waals surface area contributed by atoms with Crippen LogP contribution in [-0.4, -0.2) is 11.6 Å². The van der Waals surface area contributed by atoms with Crippen molar-refractivity contribution in [3.05, 3.63) is 0 Å². The summed E-state index contributed by atoms with van der Waals surface area (Å²) < 4.78 is 0. The summed E-state index contributed by atoms with van der Waals surface area (Å²) >= 11 is 0. The molecule has 0 spiro atoms. The van der Waals surface area contributed by atoms with E-state index in [1.807, 2.05) is 13.8 Å². The molecule has 0 aromatic rings. The first-order valence-electron chi connectivity index (χ1n) is 4.63. The van der Waals surface area contributed by atoms with E-state index in [-0.39, 0.29) is 23.4 Å². The second-order valence-corrected chi connectivity index (χ2v) is 3.95. The highest BCUT2D eigenvalue weighted by Crippen LogP contribution is 2.46. The molecule has 12 heavy (non-hydrogen) atoms. The zero-order chi connectivity index (χ0) is 9.19. The van der Waals surface area contributed by atoms with Crippen LogP contribution in [0.3, 0.4) is 0 Å². The summed E-state index contributed by atoms with van der Waals surface area (Å²) in [5.74, 6) is 0.261. The normalized spacial score (nSPS) is 18.8. The van der Waals surface area contributed by atoms with E-state index in [4.69, 9.17) is 0 Å². The van der Waals surface area contributed by atoms with Gasteiger partial charge in [-0.25, -0.2) is 0 Å². The van der Waals surface area contributed by atoms with Crippen LogP contribution < -0.4 is 0 Å². The fourth-order valence-corrected chi connectivity index (χ4v) is 1.23. The van der Waals surface area contributed by atoms with E-state index in [0.717, 1.165) is 19.3 Å². The van der Waals surface area contributed by atoms with Gasteiger partial charge in [-0.2, -0.15) is 0 Å². The van der Waals surface area contributed by atoms with E-state index in [1.165, 1.54) is 0 Å². The van der Waals surface area contributed by atoms with Gasteiger partial charge in [0.05, 0.1) is 6.42 Å². The van der Waals surface area contributed by atoms with Gasteiger partial charge in [0.15, 0.2) is 0 Å². The Kier molecular flexibility index (Phi) is 2.65. The second kappa shape index (κ2) is 3.38. The number of carbonyl (C=O) groups is 2. The molecule has 1 aliphatic carbocycles. The molecular weight excluding hydrogens is 152 g/mol. The van der Waals surface area contributed by atoms with Crippen LogP contribution in [0.2, 0.25) is 0 Å². The Hall–Kier alpha value is -0.660. The minimum atomic E-state index is -0.122. The summed E-state index contributed by atoms with van der Waals surface area (Å²) in [6.45, 7) is 3.91. The van der Waals surface area contributed by atoms with Gasteiger partial charge in [0.25, 0.3) is 0 Å². The zero-order valence-corrected chi connectivity index (χ0v) is 7.85. The van der Waals surface area contributed by atoms with Crippen LogP contribution in [0.25, 0.3) is 0 Å². The van der Waals surface area contributed by atoms with E-state index in [9.17, 15) is 9.59 Å². The highest BCUT2D eigenvalue weighted by molar-refractivity contribution is 6.02. The van der Waals surface area contributed by atoms with Crippen molar-refractivity contribution in [3.8, 4) is 0 Å². The van der Waals surface area contributed by atoms with Crippen molar-refractivity contribution >= 4 is 11.6 Å². The molecule has 0 aromatic carbocycles. The Balaban J connectivity index is 2.31. The molecule has 0 saturated heterocycles. The number of hydrogen-bond acceptors (Lipinski definition) is 2. The van der Waals surface area contributed by atoms with Crippen molar-refractivity contribution in [1.82, 2.24) is 0 Å². The lowest BCUT2D eigenvalue weighted by atomic mass is 9.98. The van der Waals surface area contributed by atoms with Crippen molar-refractivity contribution in [1.29, 1.82) is 0 Å². The van der Waals surface area contributed by atoms with Crippen molar-refractivity contribution in [3.63, 3.8) is 0 Å². The molecule has 1 saturated carbocycles. The topological polar surface area (TPSA) is 34.1 Å². The predicted octanol–water partition coefficient (Wildman–Crippen LogP) is 2.11. The van der Waals surface area contributed by atoms with Crippen LogP contribution in [0.15, 0.2) is 0 Å². The molecule has 0 radical (unpaired) electrons. The third kappa shape index (κ3) is 2.16. The van der Waals surface area contributed by atoms with Crippen molar-refractivity contribution in [2.24, 2.45) is 5.41 Å². The maximum atomic E-state index is 11.4. The Morgan fingerprint density at radius 2 is 1.92 bits per heavy atom. The number of Topliss-reactive ketones (excluding diaryl/α,β-unsaturated/α-hetero) is 2. The monoisotopic (exact) mass is 168 g/mol. The first-order chi connectivity index (χ1) is 5.58. The van der Waals surface area contributed by atoms with Crippen LogP contribution >= 0.6 is 0 Å². The average Bonchev–Trinajstić information content (AvgIpc) is 2.69. The van der Waals surface area contributed by atoms with Crippen molar-refractivity contribution < 1.29 is 9.59 Å². The smallest absolute Gasteiger partial charge is 0.146 e. The van der Waals surface area contributed by atoms with E-state index in [1.54, 1.807) is 0 Å². The Bertz CT molecular complexity index is 202. The van der Waals surface area contributed by atoms with Gasteiger partial charge in [-0.05, 0) is 19.3 Å². The molecule has 0 N–H and O–H groups in total. The van der Waals surface area contributed by atoms with E-state index in [2.05, 4.69) is 0 Å². The Morgan fingerprint density at radius 1 is 1.33 bits per heavy atom. The molecule has 1 rings (SSSR count). The lowest BCUT2D eigenvalue weighted by Gasteiger charge is -2.04. The summed E-state index contributed by atoms with van der Waals surface area (Å²) in [5, 5.41) is 0. The second-order valence-electron chi connectivity index (χ2n) is 3.95. The fraction of sp³-hybridized carbons (Fsp3) is 0.800. The summed E-state index contributed by atoms with van der Waals surface area (Å²) in [4.78, 5) is 22.5. The first kappa shape index (κ1) is 9.43. The summed E-state index contributed by atoms with van der Waals surface area (Å²) in [6.07, 6.45) is 3.53. The summed E-state index contributed by atoms with van der Waals surface area (Å²) in [5.41, 5.74) is -0.122. The quantitative estimate of drug-likeness (QED) is 0.589. The molecule has 0 bridgehead atoms. The molecule has 0 aromatic heterocycles. The SMILES string of the molecule is CCCC(=O)CC(=O)C1(C)CC1. The van der Waals surface area contributed by atoms with Crippen LogP contribution in [0, 0.1) is 5.41 Å². The van der Waals surface area contributed by atoms with E-state index >= 15 is 0 Å². The number of ketones is 2. The molecule has 2 heteroatoms. The third-order valence-corrected chi connectivity index (χ3v) is 2.56. The highest BCUT2D eigenvalue weighted by Gasteiger charge is 2.44. The first-order valence-corrected chi connectivity index (χ1v) is 4.63. The number of hydrogen-bond donors (Lipinski definition) is 0. The molecule has 68 valence electrons. The zero-order valence-electron chi connectivity index (χ0n) is 7.85. The largest absolute Gasteiger partial charge is 0.299 e. The fourth-order valence-electron chi connectivity index (χ4n) is 1.23. The van der Waals surface area contributed by atoms with Crippen molar-refractivity contribution in [2.45, 2.75) is 46.0 Å². The molecule has 0 amide bonds. The van der Waals surface area contributed by atoms with Crippen molar-refractivity contribution in [2.75, 3.05) is 0 Å². The maximum Gasteiger partial charge on any atom is 0.146 e. The van der Waals surface area contributed by atoms with Crippen LogP contribution in [-0.2, 0) is 9.59 Å². The highest BCUT2D eigenvalue weighted by atomic mass is 16.1. The maximum absolute atomic E-state index is 11.4. The average molecular weight is 168 g/mol. The molecule has 0 heterocycles.